The van der Waals surface area contributed by atoms with Crippen molar-refractivity contribution in [1.82, 2.24) is 47.9 Å². The van der Waals surface area contributed by atoms with E-state index < -0.39 is 240 Å². The number of hydrogen-bond donors (Lipinski definition) is 9. The number of esters is 12. The van der Waals surface area contributed by atoms with Crippen LogP contribution in [0.25, 0.3) is 0 Å². The van der Waals surface area contributed by atoms with Crippen LogP contribution in [0.4, 0.5) is 0 Å². The molecule has 150 heavy (non-hydrogen) atoms. The Labute approximate surface area is 860 Å². The van der Waals surface area contributed by atoms with Crippen molar-refractivity contribution < 1.29 is 233 Å². The Balaban J connectivity index is 0.000000844. The summed E-state index contributed by atoms with van der Waals surface area (Å²) in [4.78, 5) is 232. The number of nitrogens with one attached hydrogen (secondary N) is 9. The van der Waals surface area contributed by atoms with Crippen LogP contribution in [0.3, 0.4) is 0 Å². The third kappa shape index (κ3) is 59.8. The Morgan fingerprint density at radius 2 is 0.433 bits per heavy atom. The second-order valence-electron chi connectivity index (χ2n) is 31.0. The number of cyclic esters (lactones) is 3. The molecular weight excluding hydrogens is 2140 g/mol. The number of ether oxygens (including phenoxy) is 12. The molecule has 9 heterocycles. The van der Waals surface area contributed by atoms with Crippen LogP contribution in [-0.2, 0) is 243 Å². The fourth-order valence-corrected chi connectivity index (χ4v) is 16.7. The van der Waals surface area contributed by atoms with Crippen molar-refractivity contribution >= 4 is 186 Å². The van der Waals surface area contributed by atoms with Crippen LogP contribution in [0, 0.1) is 0 Å². The first-order chi connectivity index (χ1) is 69.7. The molecule has 9 rings (SSSR count). The molecule has 9 aliphatic heterocycles. The summed E-state index contributed by atoms with van der Waals surface area (Å²) in [5.74, 6) is -12.8. The van der Waals surface area contributed by atoms with E-state index in [1.807, 2.05) is 0 Å². The lowest BCUT2D eigenvalue weighted by atomic mass is 10.1. The van der Waals surface area contributed by atoms with Crippen molar-refractivity contribution in [2.24, 2.45) is 0 Å². The summed E-state index contributed by atoms with van der Waals surface area (Å²) in [5, 5.41) is 20.4. The number of amides is 9. The van der Waals surface area contributed by atoms with Crippen LogP contribution < -0.4 is 47.9 Å². The highest BCUT2D eigenvalue weighted by atomic mass is 32.2. The van der Waals surface area contributed by atoms with E-state index in [0.29, 0.717) is 30.4 Å². The molecule has 0 aliphatic carbocycles. The second-order valence-corrected chi connectivity index (χ2v) is 41.2. The first kappa shape index (κ1) is 134. The molecule has 9 aliphatic rings. The zero-order valence-corrected chi connectivity index (χ0v) is 86.7. The Kier molecular flexibility index (Phi) is 60.0. The van der Waals surface area contributed by atoms with E-state index in [1.165, 1.54) is 41.5 Å². The zero-order chi connectivity index (χ0) is 114. The lowest BCUT2D eigenvalue weighted by molar-refractivity contribution is -0.163. The molecule has 0 bridgehead atoms. The topological polar surface area (TPSA) is 838 Å². The van der Waals surface area contributed by atoms with Crippen LogP contribution in [0.15, 0.2) is 111 Å². The van der Waals surface area contributed by atoms with Gasteiger partial charge in [0.15, 0.2) is 0 Å². The molecule has 0 saturated carbocycles. The fraction of sp³-hybridized carbons (Fsp3) is 0.536. The summed E-state index contributed by atoms with van der Waals surface area (Å²) in [5.41, 5.74) is -2.18. The standard InChI is InChI=1S/2C11H15NO5.C10H13NO5.4C9H13NO6S.2C8H11NO6S/c2*1-7(2)11(15)12-6-10(14)17-8-3-4-16-9(13)5-8;1-2-8(12)11-6-10(14)16-7-3-4-15-9(13)5-7;2*1-6(2)9(12)10-3-8(11)16-7-4-15-17(13,14)5-7;2*1-6(2)9(12)10-5-7(11)16-8-3-4-15-17(8,13)14;1-2-7(10)9-3-8(11)15-6-4-14-16(12,13)5-6;1-2-6(10)9-5-7(11)15-8-3-4-14-16(8,12)13/h2*8H,1,3-6H2,2H3,(H,12,15);2,7H,1,3-6H2,(H,11,12);2*7H,1,3-5H2,2H3,(H,10,12);2*8H,1,3-5H2,2H3,(H,10,12);2,6H,1,3-5H2,(H,9,10);2,8H,1,3-5H2,(H,9,10). The molecule has 0 aromatic carbocycles. The predicted molar refractivity (Wildman–Crippen MR) is 504 cm³/mol. The van der Waals surface area contributed by atoms with Gasteiger partial charge in [-0.15, -0.1) is 0 Å². The van der Waals surface area contributed by atoms with Crippen molar-refractivity contribution in [2.45, 2.75) is 152 Å². The SMILES string of the molecule is C=C(C)C(=O)NCC(=O)OC1CCOC(=O)C1.C=C(C)C(=O)NCC(=O)OC1CCOC(=O)C1.C=C(C)C(=O)NCC(=O)OC1CCOS1(=O)=O.C=C(C)C(=O)NCC(=O)OC1CCOS1(=O)=O.C=C(C)C(=O)NCC(=O)OC1COS(=O)(=O)C1.C=C(C)C(=O)NCC(=O)OC1COS(=O)(=O)C1.C=CC(=O)NCC(=O)OC1CCOC(=O)C1.C=CC(=O)NCC(=O)OC1CCOS1(=O)=O.C=CC(=O)NCC(=O)OC1COS(=O)(=O)C1. The predicted octanol–water partition coefficient (Wildman–Crippen LogP) is -6.64. The van der Waals surface area contributed by atoms with E-state index >= 15 is 0 Å². The van der Waals surface area contributed by atoms with Gasteiger partial charge in [0.05, 0.1) is 58.9 Å². The molecule has 0 spiro atoms. The summed E-state index contributed by atoms with van der Waals surface area (Å²) in [6.07, 6.45) is 1.26. The maximum absolute atomic E-state index is 11.3. The van der Waals surface area contributed by atoms with Gasteiger partial charge in [-0.3, -0.25) is 126 Å². The summed E-state index contributed by atoms with van der Waals surface area (Å²) in [6, 6.07) is 0. The van der Waals surface area contributed by atoms with Gasteiger partial charge in [0.1, 0.15) is 133 Å². The Morgan fingerprint density at radius 1 is 0.260 bits per heavy atom. The molecule has 66 heteroatoms. The van der Waals surface area contributed by atoms with Gasteiger partial charge in [0.2, 0.25) is 69.5 Å². The second kappa shape index (κ2) is 67.1. The molecule has 9 atom stereocenters. The zero-order valence-electron chi connectivity index (χ0n) is 81.8. The monoisotopic (exact) mass is 2260 g/mol. The van der Waals surface area contributed by atoms with Gasteiger partial charge in [-0.2, -0.15) is 50.5 Å². The maximum Gasteiger partial charge on any atom is 0.326 e. The van der Waals surface area contributed by atoms with E-state index in [4.69, 9.17) is 42.6 Å². The number of hydrogen-bond acceptors (Lipinski definition) is 51. The minimum Gasteiger partial charge on any atom is -0.465 e. The average molecular weight is 2260 g/mol. The van der Waals surface area contributed by atoms with E-state index in [-0.39, 0.29) is 195 Å². The van der Waals surface area contributed by atoms with Crippen LogP contribution in [0.5, 0.6) is 0 Å². The summed E-state index contributed by atoms with van der Waals surface area (Å²) in [6.45, 7) is 36.4. The van der Waals surface area contributed by atoms with E-state index in [1.54, 1.807) is 0 Å². The first-order valence-electron chi connectivity index (χ1n) is 43.5. The molecule has 9 amide bonds. The molecule has 0 aromatic rings. The number of carbonyl (C=O) groups is 21. The Morgan fingerprint density at radius 3 is 0.580 bits per heavy atom. The van der Waals surface area contributed by atoms with Crippen molar-refractivity contribution in [3.05, 3.63) is 111 Å². The molecule has 9 N–H and O–H groups in total. The van der Waals surface area contributed by atoms with Crippen molar-refractivity contribution in [2.75, 3.05) is 136 Å². The van der Waals surface area contributed by atoms with Gasteiger partial charge >= 0.3 is 102 Å². The summed E-state index contributed by atoms with van der Waals surface area (Å²) >= 11 is 0. The van der Waals surface area contributed by atoms with E-state index in [2.05, 4.69) is 146 Å². The normalized spacial score (nSPS) is 21.1. The fourth-order valence-electron chi connectivity index (χ4n) is 10.2. The molecule has 9 fully saturated rings. The average Bonchev–Trinajstić information content (AvgIpc) is 1.71. The van der Waals surface area contributed by atoms with Gasteiger partial charge in [-0.1, -0.05) is 59.2 Å². The molecule has 60 nitrogen and oxygen atoms in total. The number of carbonyl (C=O) groups excluding carboxylic acids is 21. The van der Waals surface area contributed by atoms with Crippen molar-refractivity contribution in [3.8, 4) is 0 Å². The minimum atomic E-state index is -3.81. The van der Waals surface area contributed by atoms with Crippen LogP contribution >= 0.6 is 0 Å². The largest absolute Gasteiger partial charge is 0.465 e. The van der Waals surface area contributed by atoms with Gasteiger partial charge in [-0.05, 0) is 59.8 Å². The van der Waals surface area contributed by atoms with Gasteiger partial charge < -0.3 is 105 Å². The molecule has 840 valence electrons. The smallest absolute Gasteiger partial charge is 0.326 e. The van der Waals surface area contributed by atoms with Gasteiger partial charge in [0, 0.05) is 72.0 Å². The van der Waals surface area contributed by atoms with Crippen LogP contribution in [0.1, 0.15) is 99.3 Å². The quantitative estimate of drug-likeness (QED) is 0.0122. The third-order valence-corrected chi connectivity index (χ3v) is 25.8. The van der Waals surface area contributed by atoms with Crippen molar-refractivity contribution in [1.29, 1.82) is 0 Å². The summed E-state index contributed by atoms with van der Waals surface area (Å²) < 4.78 is 216. The highest BCUT2D eigenvalue weighted by molar-refractivity contribution is 7.88. The highest BCUT2D eigenvalue weighted by Crippen LogP contribution is 2.23. The van der Waals surface area contributed by atoms with Crippen molar-refractivity contribution in [3.63, 3.8) is 0 Å². The third-order valence-electron chi connectivity index (χ3n) is 17.6. The highest BCUT2D eigenvalue weighted by Gasteiger charge is 2.41. The number of rotatable bonds is 36. The van der Waals surface area contributed by atoms with E-state index in [0.717, 1.165) is 18.2 Å². The molecular formula is C84H117N9O51S6. The molecule has 9 saturated heterocycles. The van der Waals surface area contributed by atoms with Gasteiger partial charge in [0.25, 0.3) is 30.4 Å². The Bertz CT molecular complexity index is 5530. The van der Waals surface area contributed by atoms with Crippen LogP contribution in [0.2, 0.25) is 0 Å². The first-order valence-corrected chi connectivity index (χ1v) is 52.7. The minimum absolute atomic E-state index is 0.000698. The molecule has 0 aromatic heterocycles. The van der Waals surface area contributed by atoms with Gasteiger partial charge in [-0.25, -0.2) is 0 Å². The lowest BCUT2D eigenvalue weighted by Crippen LogP contribution is -2.35. The lowest BCUT2D eigenvalue weighted by Gasteiger charge is -2.21. The Hall–Kier alpha value is -14.0. The molecule has 0 radical (unpaired) electrons. The summed E-state index contributed by atoms with van der Waals surface area (Å²) in [7, 11) is -22.1. The van der Waals surface area contributed by atoms with E-state index in [9.17, 15) is 151 Å². The maximum atomic E-state index is 11.3. The molecule has 9 unspecified atom stereocenters. The van der Waals surface area contributed by atoms with Crippen LogP contribution in [-0.4, -0.2) is 364 Å².